The van der Waals surface area contributed by atoms with E-state index in [1.165, 1.54) is 167 Å². The molecule has 2 unspecified atom stereocenters. The van der Waals surface area contributed by atoms with E-state index in [1.54, 1.807) is 0 Å². The predicted octanol–water partition coefficient (Wildman–Crippen LogP) is 19.9. The maximum atomic E-state index is 12.9. The SMILES string of the molecule is CC/C=C\C/C=C\C/C=C\C/C=C\C/C=C\C/C=C\CCCCCCCCCCC(=O)OC(COC(=O)CCCCCCCCCCCCCCCCC/C=C\CCCCCCCCCC)COC(OCC[N+](C)(C)C)C(=O)O. The lowest BCUT2D eigenvalue weighted by atomic mass is 10.0. The van der Waals surface area contributed by atoms with Gasteiger partial charge in [0.25, 0.3) is 6.29 Å². The topological polar surface area (TPSA) is 108 Å². The highest BCUT2D eigenvalue weighted by Gasteiger charge is 2.25. The highest BCUT2D eigenvalue weighted by molar-refractivity contribution is 5.71. The average Bonchev–Trinajstić information content (AvgIpc) is 3.42. The van der Waals surface area contributed by atoms with Crippen LogP contribution in [0.5, 0.6) is 0 Å². The first kappa shape index (κ1) is 75.5. The molecule has 0 aromatic carbocycles. The molecule has 0 radical (unpaired) electrons. The smallest absolute Gasteiger partial charge is 0.361 e. The van der Waals surface area contributed by atoms with Gasteiger partial charge in [0.15, 0.2) is 6.10 Å². The second-order valence-electron chi connectivity index (χ2n) is 23.0. The first-order valence-corrected chi connectivity index (χ1v) is 32.8. The van der Waals surface area contributed by atoms with Crippen LogP contribution in [0.3, 0.4) is 0 Å². The number of carboxylic acid groups (broad SMARTS) is 1. The lowest BCUT2D eigenvalue weighted by Gasteiger charge is -2.25. The molecule has 0 saturated heterocycles. The minimum Gasteiger partial charge on any atom is -0.477 e. The molecular formula is C70H124NO8+. The van der Waals surface area contributed by atoms with Crippen LogP contribution < -0.4 is 0 Å². The summed E-state index contributed by atoms with van der Waals surface area (Å²) >= 11 is 0. The number of quaternary nitrogens is 1. The number of unbranched alkanes of at least 4 members (excludes halogenated alkanes) is 31. The van der Waals surface area contributed by atoms with E-state index < -0.39 is 24.3 Å². The molecule has 0 amide bonds. The molecule has 0 aliphatic rings. The Morgan fingerprint density at radius 2 is 0.722 bits per heavy atom. The molecule has 0 saturated carbocycles. The van der Waals surface area contributed by atoms with Crippen molar-refractivity contribution in [3.8, 4) is 0 Å². The number of allylic oxidation sites excluding steroid dienone is 14. The molecule has 2 atom stereocenters. The Bertz CT molecular complexity index is 1570. The summed E-state index contributed by atoms with van der Waals surface area (Å²) in [4.78, 5) is 37.6. The van der Waals surface area contributed by atoms with Crippen LogP contribution in [0.2, 0.25) is 0 Å². The Morgan fingerprint density at radius 3 is 1.09 bits per heavy atom. The summed E-state index contributed by atoms with van der Waals surface area (Å²) in [6, 6.07) is 0. The van der Waals surface area contributed by atoms with Crippen LogP contribution in [0.4, 0.5) is 0 Å². The maximum absolute atomic E-state index is 12.9. The second kappa shape index (κ2) is 60.6. The van der Waals surface area contributed by atoms with Crippen LogP contribution in [0.25, 0.3) is 0 Å². The van der Waals surface area contributed by atoms with Crippen molar-refractivity contribution in [3.05, 3.63) is 85.1 Å². The molecule has 0 aromatic heterocycles. The minimum absolute atomic E-state index is 0.183. The van der Waals surface area contributed by atoms with Gasteiger partial charge in [-0.2, -0.15) is 0 Å². The molecule has 0 aliphatic carbocycles. The van der Waals surface area contributed by atoms with Crippen LogP contribution in [-0.2, 0) is 33.3 Å². The summed E-state index contributed by atoms with van der Waals surface area (Å²) in [6.45, 7) is 4.78. The minimum atomic E-state index is -1.52. The molecule has 0 spiro atoms. The van der Waals surface area contributed by atoms with E-state index in [1.807, 2.05) is 21.1 Å². The summed E-state index contributed by atoms with van der Waals surface area (Å²) in [5, 5.41) is 9.73. The Morgan fingerprint density at radius 1 is 0.392 bits per heavy atom. The second-order valence-corrected chi connectivity index (χ2v) is 23.0. The number of aliphatic carboxylic acids is 1. The van der Waals surface area contributed by atoms with Crippen molar-refractivity contribution >= 4 is 17.9 Å². The zero-order chi connectivity index (χ0) is 57.6. The maximum Gasteiger partial charge on any atom is 0.361 e. The number of carbonyl (C=O) groups excluding carboxylic acids is 2. The molecule has 0 aliphatic heterocycles. The number of likely N-dealkylation sites (N-methyl/N-ethyl adjacent to an activating group) is 1. The predicted molar refractivity (Wildman–Crippen MR) is 336 cm³/mol. The van der Waals surface area contributed by atoms with E-state index in [-0.39, 0.29) is 32.2 Å². The third-order valence-electron chi connectivity index (χ3n) is 14.1. The van der Waals surface area contributed by atoms with Crippen molar-refractivity contribution < 1.29 is 42.9 Å². The molecule has 0 rings (SSSR count). The Hall–Kier alpha value is -3.53. The number of carboxylic acids is 1. The summed E-state index contributed by atoms with van der Waals surface area (Å²) < 4.78 is 22.9. The molecule has 0 aromatic rings. The van der Waals surface area contributed by atoms with E-state index in [0.29, 0.717) is 23.9 Å². The number of esters is 2. The summed E-state index contributed by atoms with van der Waals surface area (Å²) in [5.41, 5.74) is 0. The Labute approximate surface area is 487 Å². The van der Waals surface area contributed by atoms with Crippen LogP contribution >= 0.6 is 0 Å². The summed E-state index contributed by atoms with van der Waals surface area (Å²) in [5.74, 6) is -2.01. The van der Waals surface area contributed by atoms with Gasteiger partial charge in [-0.25, -0.2) is 4.79 Å². The fourth-order valence-corrected chi connectivity index (χ4v) is 9.13. The van der Waals surface area contributed by atoms with Gasteiger partial charge in [0.2, 0.25) is 0 Å². The normalized spacial score (nSPS) is 13.3. The molecule has 0 bridgehead atoms. The highest BCUT2D eigenvalue weighted by atomic mass is 16.7. The van der Waals surface area contributed by atoms with E-state index in [9.17, 15) is 19.5 Å². The number of hydrogen-bond donors (Lipinski definition) is 1. The molecule has 0 fully saturated rings. The van der Waals surface area contributed by atoms with Crippen molar-refractivity contribution in [2.75, 3.05) is 47.5 Å². The monoisotopic (exact) mass is 1110 g/mol. The van der Waals surface area contributed by atoms with Crippen molar-refractivity contribution in [2.45, 2.75) is 296 Å². The van der Waals surface area contributed by atoms with Gasteiger partial charge in [0, 0.05) is 12.8 Å². The summed E-state index contributed by atoms with van der Waals surface area (Å²) in [6.07, 6.45) is 78.2. The standard InChI is InChI=1S/C70H123NO8/c1-6-8-10-12-14-16-18-20-22-24-26-28-30-32-34-36-38-40-42-44-46-48-50-52-54-56-58-60-67(72)77-64-66(65-78-70(69(74)75)76-63-62-71(3,4)5)79-68(73)61-59-57-55-53-51-49-47-45-43-41-39-37-35-33-31-29-27-25-23-21-19-17-15-13-11-9-7-2/h9,11,15,17,21,23-24,26-27,29,33,35,39,41,66,70H,6-8,10,12-14,16,18-20,22,25,28,30-32,34,36-38,40,42-65H2,1-5H3/p+1/b11-9-,17-15-,23-21-,26-24-,29-27-,35-33-,41-39-. The van der Waals surface area contributed by atoms with Crippen LogP contribution in [0, 0.1) is 0 Å². The quantitative estimate of drug-likeness (QED) is 0.0211. The van der Waals surface area contributed by atoms with Gasteiger partial charge in [0.1, 0.15) is 13.2 Å². The van der Waals surface area contributed by atoms with Crippen LogP contribution in [0.1, 0.15) is 284 Å². The van der Waals surface area contributed by atoms with Crippen molar-refractivity contribution in [2.24, 2.45) is 0 Å². The lowest BCUT2D eigenvalue weighted by molar-refractivity contribution is -0.870. The van der Waals surface area contributed by atoms with Gasteiger partial charge in [-0.1, -0.05) is 266 Å². The number of rotatable bonds is 60. The number of hydrogen-bond acceptors (Lipinski definition) is 7. The zero-order valence-corrected chi connectivity index (χ0v) is 52.0. The highest BCUT2D eigenvalue weighted by Crippen LogP contribution is 2.17. The molecule has 456 valence electrons. The largest absolute Gasteiger partial charge is 0.477 e. The van der Waals surface area contributed by atoms with Crippen LogP contribution in [0.15, 0.2) is 85.1 Å². The average molecular weight is 1110 g/mol. The molecule has 9 nitrogen and oxygen atoms in total. The molecule has 1 N–H and O–H groups in total. The van der Waals surface area contributed by atoms with Crippen molar-refractivity contribution in [3.63, 3.8) is 0 Å². The molecular weight excluding hydrogens is 983 g/mol. The Balaban J connectivity index is 4.19. The van der Waals surface area contributed by atoms with E-state index >= 15 is 0 Å². The third-order valence-corrected chi connectivity index (χ3v) is 14.1. The van der Waals surface area contributed by atoms with Crippen molar-refractivity contribution in [1.29, 1.82) is 0 Å². The number of ether oxygens (including phenoxy) is 4. The molecule has 79 heavy (non-hydrogen) atoms. The van der Waals surface area contributed by atoms with Gasteiger partial charge >= 0.3 is 17.9 Å². The number of carbonyl (C=O) groups is 3. The van der Waals surface area contributed by atoms with Gasteiger partial charge in [-0.05, 0) is 89.9 Å². The number of nitrogens with zero attached hydrogens (tertiary/aromatic N) is 1. The van der Waals surface area contributed by atoms with Gasteiger partial charge in [-0.3, -0.25) is 9.59 Å². The zero-order valence-electron chi connectivity index (χ0n) is 52.0. The fraction of sp³-hybridized carbons (Fsp3) is 0.757. The van der Waals surface area contributed by atoms with E-state index in [0.717, 1.165) is 83.5 Å². The van der Waals surface area contributed by atoms with Gasteiger partial charge < -0.3 is 28.5 Å². The van der Waals surface area contributed by atoms with Gasteiger partial charge in [0.05, 0.1) is 34.4 Å². The van der Waals surface area contributed by atoms with Crippen LogP contribution in [-0.4, -0.2) is 87.4 Å². The fourth-order valence-electron chi connectivity index (χ4n) is 9.13. The molecule has 9 heteroatoms. The van der Waals surface area contributed by atoms with E-state index in [2.05, 4.69) is 98.9 Å². The first-order chi connectivity index (χ1) is 38.6. The first-order valence-electron chi connectivity index (χ1n) is 32.8. The molecule has 0 heterocycles. The Kier molecular flexibility index (Phi) is 57.9. The van der Waals surface area contributed by atoms with Gasteiger partial charge in [-0.15, -0.1) is 0 Å². The summed E-state index contributed by atoms with van der Waals surface area (Å²) in [7, 11) is 5.97. The van der Waals surface area contributed by atoms with E-state index in [4.69, 9.17) is 18.9 Å². The third kappa shape index (κ3) is 61.9. The lowest BCUT2D eigenvalue weighted by Crippen LogP contribution is -2.40. The van der Waals surface area contributed by atoms with Crippen molar-refractivity contribution in [1.82, 2.24) is 0 Å².